The highest BCUT2D eigenvalue weighted by atomic mass is 19.3. The van der Waals surface area contributed by atoms with E-state index in [1.807, 2.05) is 49.6 Å². The lowest BCUT2D eigenvalue weighted by Gasteiger charge is -2.37. The van der Waals surface area contributed by atoms with Crippen LogP contribution in [0.5, 0.6) is 5.75 Å². The molecule has 0 radical (unpaired) electrons. The van der Waals surface area contributed by atoms with Crippen molar-refractivity contribution in [2.24, 2.45) is 5.41 Å². The smallest absolute Gasteiger partial charge is 0.387 e. The average molecular weight is 536 g/mol. The minimum atomic E-state index is -2.90. The molecule has 1 fully saturated rings. The Labute approximate surface area is 225 Å². The summed E-state index contributed by atoms with van der Waals surface area (Å²) in [5, 5.41) is 0. The number of carbonyl (C=O) groups excluding carboxylic acids is 1. The SMILES string of the molecule is COC(=O)C1(C)CCN(c2ncc(-c3ccc4nc(C)c(C(C)c5ccccc5OC(F)F)n4c3)cn2)CC1. The van der Waals surface area contributed by atoms with Gasteiger partial charge in [-0.1, -0.05) is 25.1 Å². The van der Waals surface area contributed by atoms with Gasteiger partial charge in [0, 0.05) is 54.3 Å². The minimum absolute atomic E-state index is 0.152. The quantitative estimate of drug-likeness (QED) is 0.284. The highest BCUT2D eigenvalue weighted by Crippen LogP contribution is 2.36. The number of ether oxygens (including phenoxy) is 2. The van der Waals surface area contributed by atoms with Gasteiger partial charge in [-0.05, 0) is 44.9 Å². The monoisotopic (exact) mass is 535 g/mol. The molecule has 39 heavy (non-hydrogen) atoms. The van der Waals surface area contributed by atoms with E-state index < -0.39 is 12.0 Å². The van der Waals surface area contributed by atoms with E-state index in [4.69, 9.17) is 14.5 Å². The van der Waals surface area contributed by atoms with Crippen LogP contribution in [0, 0.1) is 12.3 Å². The maximum Gasteiger partial charge on any atom is 0.387 e. The lowest BCUT2D eigenvalue weighted by Crippen LogP contribution is -2.43. The van der Waals surface area contributed by atoms with Crippen molar-refractivity contribution < 1.29 is 23.0 Å². The molecule has 1 unspecified atom stereocenters. The average Bonchev–Trinajstić information content (AvgIpc) is 3.27. The largest absolute Gasteiger partial charge is 0.469 e. The first-order valence-electron chi connectivity index (χ1n) is 12.9. The normalized spacial score (nSPS) is 15.9. The number of carbonyl (C=O) groups is 1. The molecule has 0 saturated carbocycles. The van der Waals surface area contributed by atoms with Crippen LogP contribution in [-0.4, -0.2) is 52.1 Å². The molecule has 204 valence electrons. The molecule has 1 aliphatic rings. The molecule has 1 atom stereocenters. The number of anilines is 1. The molecule has 0 amide bonds. The lowest BCUT2D eigenvalue weighted by molar-refractivity contribution is -0.152. The van der Waals surface area contributed by atoms with Crippen molar-refractivity contribution >= 4 is 17.6 Å². The van der Waals surface area contributed by atoms with Crippen molar-refractivity contribution in [2.75, 3.05) is 25.1 Å². The first-order valence-corrected chi connectivity index (χ1v) is 12.9. The van der Waals surface area contributed by atoms with E-state index in [-0.39, 0.29) is 17.6 Å². The third kappa shape index (κ3) is 5.15. The zero-order valence-corrected chi connectivity index (χ0v) is 22.4. The van der Waals surface area contributed by atoms with Crippen LogP contribution in [0.15, 0.2) is 55.0 Å². The standard InChI is InChI=1S/C29H31F2N5O3/c1-18(22-7-5-6-8-23(22)39-27(30)31)25-19(2)34-24-10-9-20(17-36(24)25)21-15-32-28(33-16-21)35-13-11-29(3,12-14-35)26(37)38-4/h5-10,15-18,27H,11-14H2,1-4H3. The number of hydrogen-bond acceptors (Lipinski definition) is 7. The predicted octanol–water partition coefficient (Wildman–Crippen LogP) is 5.63. The molecule has 0 N–H and O–H groups in total. The fourth-order valence-corrected chi connectivity index (χ4v) is 5.35. The van der Waals surface area contributed by atoms with Crippen LogP contribution >= 0.6 is 0 Å². The van der Waals surface area contributed by atoms with E-state index in [1.54, 1.807) is 30.6 Å². The molecular formula is C29H31F2N5O3. The van der Waals surface area contributed by atoms with Crippen LogP contribution in [0.3, 0.4) is 0 Å². The molecule has 1 aromatic carbocycles. The summed E-state index contributed by atoms with van der Waals surface area (Å²) in [5.74, 6) is 0.343. The number of nitrogens with zero attached hydrogens (tertiary/aromatic N) is 5. The Morgan fingerprint density at radius 2 is 1.74 bits per heavy atom. The molecule has 5 rings (SSSR count). The van der Waals surface area contributed by atoms with Gasteiger partial charge in [-0.3, -0.25) is 4.79 Å². The zero-order valence-electron chi connectivity index (χ0n) is 22.4. The number of para-hydroxylation sites is 1. The number of benzene rings is 1. The van der Waals surface area contributed by atoms with Gasteiger partial charge in [0.2, 0.25) is 5.95 Å². The van der Waals surface area contributed by atoms with Gasteiger partial charge in [-0.25, -0.2) is 15.0 Å². The molecule has 1 saturated heterocycles. The van der Waals surface area contributed by atoms with Crippen molar-refractivity contribution in [3.05, 3.63) is 71.9 Å². The summed E-state index contributed by atoms with van der Waals surface area (Å²) >= 11 is 0. The number of methoxy groups -OCH3 is 1. The number of aryl methyl sites for hydroxylation is 1. The Hall–Kier alpha value is -4.08. The topological polar surface area (TPSA) is 81.8 Å². The first-order chi connectivity index (χ1) is 18.7. The summed E-state index contributed by atoms with van der Waals surface area (Å²) in [6, 6.07) is 10.7. The van der Waals surface area contributed by atoms with E-state index in [2.05, 4.69) is 14.9 Å². The van der Waals surface area contributed by atoms with Gasteiger partial charge in [-0.2, -0.15) is 8.78 Å². The number of rotatable bonds is 7. The number of fused-ring (bicyclic) bond motifs is 1. The Balaban J connectivity index is 1.41. The maximum atomic E-state index is 13.0. The fourth-order valence-electron chi connectivity index (χ4n) is 5.35. The molecule has 10 heteroatoms. The first kappa shape index (κ1) is 26.5. The molecular weight excluding hydrogens is 504 g/mol. The van der Waals surface area contributed by atoms with Gasteiger partial charge in [0.25, 0.3) is 0 Å². The molecule has 4 heterocycles. The highest BCUT2D eigenvalue weighted by Gasteiger charge is 2.38. The number of aromatic nitrogens is 4. The summed E-state index contributed by atoms with van der Waals surface area (Å²) in [6.07, 6.45) is 6.90. The van der Waals surface area contributed by atoms with E-state index in [1.165, 1.54) is 7.11 Å². The summed E-state index contributed by atoms with van der Waals surface area (Å²) < 4.78 is 37.8. The molecule has 1 aliphatic heterocycles. The van der Waals surface area contributed by atoms with Gasteiger partial charge >= 0.3 is 12.6 Å². The van der Waals surface area contributed by atoms with Crippen molar-refractivity contribution in [3.63, 3.8) is 0 Å². The van der Waals surface area contributed by atoms with Crippen molar-refractivity contribution in [3.8, 4) is 16.9 Å². The Morgan fingerprint density at radius 3 is 2.41 bits per heavy atom. The molecule has 8 nitrogen and oxygen atoms in total. The predicted molar refractivity (Wildman–Crippen MR) is 143 cm³/mol. The van der Waals surface area contributed by atoms with Crippen LogP contribution in [-0.2, 0) is 9.53 Å². The van der Waals surface area contributed by atoms with Gasteiger partial charge in [0.15, 0.2) is 0 Å². The summed E-state index contributed by atoms with van der Waals surface area (Å²) in [5.41, 5.74) is 4.36. The van der Waals surface area contributed by atoms with Crippen molar-refractivity contribution in [1.29, 1.82) is 0 Å². The number of piperidine rings is 1. The highest BCUT2D eigenvalue weighted by molar-refractivity contribution is 5.76. The number of alkyl halides is 2. The third-order valence-electron chi connectivity index (χ3n) is 7.65. The van der Waals surface area contributed by atoms with E-state index in [9.17, 15) is 13.6 Å². The maximum absolute atomic E-state index is 13.0. The molecule has 0 aliphatic carbocycles. The van der Waals surface area contributed by atoms with Gasteiger partial charge in [-0.15, -0.1) is 0 Å². The molecule has 4 aromatic rings. The van der Waals surface area contributed by atoms with Crippen LogP contribution < -0.4 is 9.64 Å². The summed E-state index contributed by atoms with van der Waals surface area (Å²) in [6.45, 7) is 4.24. The van der Waals surface area contributed by atoms with Gasteiger partial charge in [0.05, 0.1) is 23.9 Å². The minimum Gasteiger partial charge on any atom is -0.469 e. The Bertz CT molecular complexity index is 1480. The Kier molecular flexibility index (Phi) is 7.20. The van der Waals surface area contributed by atoms with Crippen molar-refractivity contribution in [1.82, 2.24) is 19.4 Å². The second kappa shape index (κ2) is 10.6. The van der Waals surface area contributed by atoms with E-state index in [0.29, 0.717) is 37.4 Å². The molecule has 0 bridgehead atoms. The summed E-state index contributed by atoms with van der Waals surface area (Å²) in [4.78, 5) is 28.1. The van der Waals surface area contributed by atoms with Crippen LogP contribution in [0.2, 0.25) is 0 Å². The number of pyridine rings is 1. The van der Waals surface area contributed by atoms with E-state index in [0.717, 1.165) is 28.2 Å². The second-order valence-electron chi connectivity index (χ2n) is 10.2. The van der Waals surface area contributed by atoms with Gasteiger partial charge in [0.1, 0.15) is 11.4 Å². The number of halogens is 2. The molecule has 3 aromatic heterocycles. The van der Waals surface area contributed by atoms with Crippen LogP contribution in [0.25, 0.3) is 16.8 Å². The number of esters is 1. The van der Waals surface area contributed by atoms with E-state index >= 15 is 0 Å². The van der Waals surface area contributed by atoms with Crippen LogP contribution in [0.4, 0.5) is 14.7 Å². The third-order valence-corrected chi connectivity index (χ3v) is 7.65. The lowest BCUT2D eigenvalue weighted by atomic mass is 9.80. The zero-order chi connectivity index (χ0) is 27.7. The summed E-state index contributed by atoms with van der Waals surface area (Å²) in [7, 11) is 1.43. The molecule has 0 spiro atoms. The van der Waals surface area contributed by atoms with Crippen LogP contribution in [0.1, 0.15) is 49.6 Å². The fraction of sp³-hybridized carbons (Fsp3) is 0.379. The number of hydrogen-bond donors (Lipinski definition) is 0. The second-order valence-corrected chi connectivity index (χ2v) is 10.2. The van der Waals surface area contributed by atoms with Gasteiger partial charge < -0.3 is 18.8 Å². The van der Waals surface area contributed by atoms with Crippen molar-refractivity contribution in [2.45, 2.75) is 46.1 Å². The Morgan fingerprint density at radius 1 is 1.05 bits per heavy atom. The number of imidazole rings is 1.